The van der Waals surface area contributed by atoms with Gasteiger partial charge in [0.05, 0.1) is 10.6 Å². The van der Waals surface area contributed by atoms with Crippen LogP contribution in [0.5, 0.6) is 0 Å². The molecule has 0 bridgehead atoms. The van der Waals surface area contributed by atoms with E-state index in [0.717, 1.165) is 18.5 Å². The van der Waals surface area contributed by atoms with Crippen LogP contribution in [0, 0.1) is 6.92 Å². The van der Waals surface area contributed by atoms with E-state index in [1.54, 1.807) is 36.0 Å². The van der Waals surface area contributed by atoms with Crippen LogP contribution in [0.4, 0.5) is 5.69 Å². The molecule has 2 fully saturated rings. The highest BCUT2D eigenvalue weighted by Gasteiger charge is 2.49. The van der Waals surface area contributed by atoms with Gasteiger partial charge in [-0.1, -0.05) is 29.3 Å². The van der Waals surface area contributed by atoms with Gasteiger partial charge < -0.3 is 4.90 Å². The van der Waals surface area contributed by atoms with Gasteiger partial charge >= 0.3 is 0 Å². The molecule has 2 saturated heterocycles. The standard InChI is InChI=1S/C21H21ClN2O2S/c1-15-2-8-18(9-3-15)24-19(25)14-27-21(24)10-12-23(13-11-21)20(26)16-4-6-17(22)7-5-16/h2-9H,10-14H2,1H3. The summed E-state index contributed by atoms with van der Waals surface area (Å²) < 4.78 is 0. The molecule has 2 aromatic rings. The van der Waals surface area contributed by atoms with E-state index in [2.05, 4.69) is 0 Å². The van der Waals surface area contributed by atoms with Crippen molar-refractivity contribution in [2.75, 3.05) is 23.7 Å². The van der Waals surface area contributed by atoms with E-state index in [1.807, 2.05) is 41.0 Å². The number of carbonyl (C=O) groups is 2. The molecule has 1 spiro atoms. The fourth-order valence-electron chi connectivity index (χ4n) is 3.83. The number of anilines is 1. The average molecular weight is 401 g/mol. The molecule has 0 atom stereocenters. The van der Waals surface area contributed by atoms with Gasteiger partial charge in [-0.05, 0) is 56.2 Å². The Kier molecular flexibility index (Phi) is 4.91. The van der Waals surface area contributed by atoms with Crippen LogP contribution in [0.25, 0.3) is 0 Å². The summed E-state index contributed by atoms with van der Waals surface area (Å²) in [5.41, 5.74) is 2.78. The Bertz CT molecular complexity index is 859. The average Bonchev–Trinajstić information content (AvgIpc) is 2.99. The van der Waals surface area contributed by atoms with Crippen LogP contribution >= 0.6 is 23.4 Å². The number of likely N-dealkylation sites (tertiary alicyclic amines) is 1. The fraction of sp³-hybridized carbons (Fsp3) is 0.333. The van der Waals surface area contributed by atoms with Crippen molar-refractivity contribution in [1.82, 2.24) is 4.90 Å². The molecule has 0 radical (unpaired) electrons. The van der Waals surface area contributed by atoms with Gasteiger partial charge in [-0.25, -0.2) is 0 Å². The number of carbonyl (C=O) groups excluding carboxylic acids is 2. The molecule has 4 nitrogen and oxygen atoms in total. The van der Waals surface area contributed by atoms with Gasteiger partial charge in [0.15, 0.2) is 0 Å². The van der Waals surface area contributed by atoms with Crippen molar-refractivity contribution < 1.29 is 9.59 Å². The molecule has 2 aliphatic rings. The van der Waals surface area contributed by atoms with Crippen molar-refractivity contribution in [3.63, 3.8) is 0 Å². The summed E-state index contributed by atoms with van der Waals surface area (Å²) in [6, 6.07) is 15.1. The van der Waals surface area contributed by atoms with Crippen LogP contribution in [0.2, 0.25) is 5.02 Å². The SMILES string of the molecule is Cc1ccc(N2C(=O)CSC23CCN(C(=O)c2ccc(Cl)cc2)CC3)cc1. The molecule has 140 valence electrons. The number of nitrogens with zero attached hydrogens (tertiary/aromatic N) is 2. The van der Waals surface area contributed by atoms with Crippen LogP contribution in [0.1, 0.15) is 28.8 Å². The van der Waals surface area contributed by atoms with Crippen molar-refractivity contribution in [2.24, 2.45) is 0 Å². The summed E-state index contributed by atoms with van der Waals surface area (Å²) in [4.78, 5) is 29.0. The van der Waals surface area contributed by atoms with E-state index in [-0.39, 0.29) is 16.7 Å². The lowest BCUT2D eigenvalue weighted by atomic mass is 10.00. The van der Waals surface area contributed by atoms with Crippen molar-refractivity contribution in [2.45, 2.75) is 24.6 Å². The number of piperidine rings is 1. The second-order valence-electron chi connectivity index (χ2n) is 7.10. The van der Waals surface area contributed by atoms with Gasteiger partial charge in [0, 0.05) is 29.4 Å². The molecule has 0 N–H and O–H groups in total. The Labute approximate surface area is 168 Å². The molecule has 27 heavy (non-hydrogen) atoms. The predicted octanol–water partition coefficient (Wildman–Crippen LogP) is 4.36. The Morgan fingerprint density at radius 1 is 1.04 bits per heavy atom. The van der Waals surface area contributed by atoms with Gasteiger partial charge in [-0.3, -0.25) is 14.5 Å². The van der Waals surface area contributed by atoms with Gasteiger partial charge in [-0.2, -0.15) is 0 Å². The third kappa shape index (κ3) is 3.46. The second kappa shape index (κ2) is 7.21. The van der Waals surface area contributed by atoms with Crippen LogP contribution in [-0.4, -0.2) is 40.4 Å². The number of halogens is 1. The van der Waals surface area contributed by atoms with E-state index in [4.69, 9.17) is 11.6 Å². The van der Waals surface area contributed by atoms with Crippen molar-refractivity contribution in [3.8, 4) is 0 Å². The molecule has 0 unspecified atom stereocenters. The minimum absolute atomic E-state index is 0.0257. The topological polar surface area (TPSA) is 40.6 Å². The van der Waals surface area contributed by atoms with Crippen molar-refractivity contribution in [3.05, 3.63) is 64.7 Å². The van der Waals surface area contributed by atoms with Crippen LogP contribution < -0.4 is 4.90 Å². The van der Waals surface area contributed by atoms with E-state index in [9.17, 15) is 9.59 Å². The number of hydrogen-bond donors (Lipinski definition) is 0. The number of hydrogen-bond acceptors (Lipinski definition) is 3. The molecule has 6 heteroatoms. The minimum atomic E-state index is -0.247. The van der Waals surface area contributed by atoms with Crippen molar-refractivity contribution in [1.29, 1.82) is 0 Å². The molecule has 2 amide bonds. The molecule has 2 aliphatic heterocycles. The maximum atomic E-state index is 12.8. The lowest BCUT2D eigenvalue weighted by Crippen LogP contribution is -2.53. The summed E-state index contributed by atoms with van der Waals surface area (Å²) in [5, 5.41) is 0.624. The Balaban J connectivity index is 1.51. The quantitative estimate of drug-likeness (QED) is 0.751. The summed E-state index contributed by atoms with van der Waals surface area (Å²) in [6.07, 6.45) is 1.55. The van der Waals surface area contributed by atoms with Gasteiger partial charge in [0.2, 0.25) is 5.91 Å². The van der Waals surface area contributed by atoms with E-state index in [0.29, 0.717) is 29.4 Å². The van der Waals surface area contributed by atoms with E-state index < -0.39 is 0 Å². The van der Waals surface area contributed by atoms with Crippen molar-refractivity contribution >= 4 is 40.9 Å². The molecule has 0 saturated carbocycles. The van der Waals surface area contributed by atoms with Crippen LogP contribution in [0.3, 0.4) is 0 Å². The number of thioether (sulfide) groups is 1. The summed E-state index contributed by atoms with van der Waals surface area (Å²) in [6.45, 7) is 3.33. The normalized spacial score (nSPS) is 19.0. The first-order valence-electron chi connectivity index (χ1n) is 9.07. The zero-order valence-corrected chi connectivity index (χ0v) is 16.7. The van der Waals surface area contributed by atoms with E-state index >= 15 is 0 Å². The lowest BCUT2D eigenvalue weighted by Gasteiger charge is -2.44. The first-order valence-corrected chi connectivity index (χ1v) is 10.4. The number of aryl methyl sites for hydroxylation is 1. The predicted molar refractivity (Wildman–Crippen MR) is 110 cm³/mol. The van der Waals surface area contributed by atoms with Gasteiger partial charge in [-0.15, -0.1) is 11.8 Å². The second-order valence-corrected chi connectivity index (χ2v) is 8.87. The first-order chi connectivity index (χ1) is 13.0. The lowest BCUT2D eigenvalue weighted by molar-refractivity contribution is -0.116. The largest absolute Gasteiger partial charge is 0.338 e. The monoisotopic (exact) mass is 400 g/mol. The zero-order chi connectivity index (χ0) is 19.0. The number of benzene rings is 2. The van der Waals surface area contributed by atoms with Crippen LogP contribution in [0.15, 0.2) is 48.5 Å². The third-order valence-corrected chi connectivity index (χ3v) is 7.11. The highest BCUT2D eigenvalue weighted by atomic mass is 35.5. The van der Waals surface area contributed by atoms with Crippen LogP contribution in [-0.2, 0) is 4.79 Å². The first kappa shape index (κ1) is 18.4. The minimum Gasteiger partial charge on any atom is -0.338 e. The maximum absolute atomic E-state index is 12.8. The number of amides is 2. The molecular weight excluding hydrogens is 380 g/mol. The smallest absolute Gasteiger partial charge is 0.253 e. The molecule has 2 aromatic carbocycles. The molecule has 0 aromatic heterocycles. The Morgan fingerprint density at radius 3 is 2.30 bits per heavy atom. The molecular formula is C21H21ClN2O2S. The Hall–Kier alpha value is -1.98. The summed E-state index contributed by atoms with van der Waals surface area (Å²) >= 11 is 7.63. The van der Waals surface area contributed by atoms with E-state index in [1.165, 1.54) is 5.56 Å². The zero-order valence-electron chi connectivity index (χ0n) is 15.2. The molecule has 4 rings (SSSR count). The van der Waals surface area contributed by atoms with Gasteiger partial charge in [0.25, 0.3) is 5.91 Å². The fourth-order valence-corrected chi connectivity index (χ4v) is 5.28. The summed E-state index contributed by atoms with van der Waals surface area (Å²) in [5.74, 6) is 0.679. The summed E-state index contributed by atoms with van der Waals surface area (Å²) in [7, 11) is 0. The third-order valence-electron chi connectivity index (χ3n) is 5.34. The highest BCUT2D eigenvalue weighted by molar-refractivity contribution is 8.02. The highest BCUT2D eigenvalue weighted by Crippen LogP contribution is 2.46. The van der Waals surface area contributed by atoms with Gasteiger partial charge in [0.1, 0.15) is 0 Å². The Morgan fingerprint density at radius 2 is 1.67 bits per heavy atom. The molecule has 0 aliphatic carbocycles. The molecule has 2 heterocycles. The number of rotatable bonds is 2. The maximum Gasteiger partial charge on any atom is 0.253 e.